The van der Waals surface area contributed by atoms with Gasteiger partial charge in [0.2, 0.25) is 0 Å². The summed E-state index contributed by atoms with van der Waals surface area (Å²) in [6, 6.07) is 4.13. The maximum absolute atomic E-state index is 12.3. The summed E-state index contributed by atoms with van der Waals surface area (Å²) in [5.41, 5.74) is 1.78. The van der Waals surface area contributed by atoms with Gasteiger partial charge in [-0.25, -0.2) is 0 Å². The van der Waals surface area contributed by atoms with Gasteiger partial charge >= 0.3 is 5.69 Å². The minimum Gasteiger partial charge on any atom is -0.490 e. The van der Waals surface area contributed by atoms with Gasteiger partial charge in [-0.1, -0.05) is 13.0 Å². The number of hydrogen-bond donors (Lipinski definition) is 1. The molecule has 1 aromatic rings. The van der Waals surface area contributed by atoms with Crippen LogP contribution in [-0.2, 0) is 4.79 Å². The molecule has 1 aliphatic rings. The predicted octanol–water partition coefficient (Wildman–Crippen LogP) is 3.11. The molecule has 1 N–H and O–H groups in total. The first-order valence-electron chi connectivity index (χ1n) is 7.93. The number of thiocarbonyl (C=S) groups is 1. The number of methoxy groups -OCH3 is 1. The number of carbonyl (C=O) groups excluding carboxylic acids is 1. The molecule has 0 bridgehead atoms. The van der Waals surface area contributed by atoms with Crippen LogP contribution in [0.2, 0.25) is 0 Å². The van der Waals surface area contributed by atoms with Crippen LogP contribution < -0.4 is 10.1 Å². The molecule has 8 heteroatoms. The van der Waals surface area contributed by atoms with Gasteiger partial charge in [-0.2, -0.15) is 0 Å². The zero-order chi connectivity index (χ0) is 18.7. The third kappa shape index (κ3) is 3.63. The van der Waals surface area contributed by atoms with Crippen molar-refractivity contribution in [3.8, 4) is 5.75 Å². The van der Waals surface area contributed by atoms with E-state index in [0.717, 1.165) is 12.1 Å². The summed E-state index contributed by atoms with van der Waals surface area (Å²) in [6.45, 7) is 6.07. The maximum atomic E-state index is 12.3. The third-order valence-corrected chi connectivity index (χ3v) is 4.49. The van der Waals surface area contributed by atoms with Crippen LogP contribution in [0.15, 0.2) is 29.5 Å². The lowest BCUT2D eigenvalue weighted by atomic mass is 9.92. The average Bonchev–Trinajstić information content (AvgIpc) is 2.56. The van der Waals surface area contributed by atoms with Crippen molar-refractivity contribution < 1.29 is 14.5 Å². The number of ether oxygens (including phenoxy) is 1. The highest BCUT2D eigenvalue weighted by Crippen LogP contribution is 2.35. The Kier molecular flexibility index (Phi) is 5.73. The standard InChI is InChI=1S/C17H21N3O4S/c1-5-8-19-10(2)15(11(3)21)16(18-17(19)25)12-6-7-14(24-4)13(9-12)20(22)23/h6-7,9,16H,5,8H2,1-4H3,(H,18,25). The van der Waals surface area contributed by atoms with Crippen LogP contribution in [0, 0.1) is 10.1 Å². The fourth-order valence-electron chi connectivity index (χ4n) is 3.01. The van der Waals surface area contributed by atoms with Gasteiger partial charge in [0.1, 0.15) is 0 Å². The molecule has 2 rings (SSSR count). The molecule has 1 atom stereocenters. The van der Waals surface area contributed by atoms with Crippen LogP contribution in [0.5, 0.6) is 5.75 Å². The fraction of sp³-hybridized carbons (Fsp3) is 0.412. The molecule has 1 aliphatic heterocycles. The molecule has 7 nitrogen and oxygen atoms in total. The minimum absolute atomic E-state index is 0.0999. The molecule has 25 heavy (non-hydrogen) atoms. The Morgan fingerprint density at radius 1 is 1.48 bits per heavy atom. The van der Waals surface area contributed by atoms with Gasteiger partial charge in [0.15, 0.2) is 16.6 Å². The number of nitro groups is 1. The number of ketones is 1. The smallest absolute Gasteiger partial charge is 0.311 e. The Balaban J connectivity index is 2.57. The van der Waals surface area contributed by atoms with Crippen molar-refractivity contribution in [1.29, 1.82) is 0 Å². The molecule has 0 fully saturated rings. The highest BCUT2D eigenvalue weighted by molar-refractivity contribution is 7.80. The molecule has 0 saturated heterocycles. The van der Waals surface area contributed by atoms with Crippen LogP contribution >= 0.6 is 12.2 Å². The van der Waals surface area contributed by atoms with E-state index in [4.69, 9.17) is 17.0 Å². The molecule has 0 aliphatic carbocycles. The van der Waals surface area contributed by atoms with E-state index in [1.807, 2.05) is 18.7 Å². The van der Waals surface area contributed by atoms with E-state index < -0.39 is 11.0 Å². The van der Waals surface area contributed by atoms with E-state index in [1.165, 1.54) is 26.2 Å². The molecule has 0 spiro atoms. The Labute approximate surface area is 151 Å². The first-order chi connectivity index (χ1) is 11.8. The number of carbonyl (C=O) groups is 1. The molecular formula is C17H21N3O4S. The van der Waals surface area contributed by atoms with Crippen molar-refractivity contribution in [3.05, 3.63) is 45.1 Å². The van der Waals surface area contributed by atoms with Crippen molar-refractivity contribution in [1.82, 2.24) is 10.2 Å². The second-order valence-corrected chi connectivity index (χ2v) is 6.16. The average molecular weight is 363 g/mol. The summed E-state index contributed by atoms with van der Waals surface area (Å²) >= 11 is 5.43. The molecule has 0 aromatic heterocycles. The monoisotopic (exact) mass is 363 g/mol. The SMILES string of the molecule is CCCN1C(=S)NC(c2ccc(OC)c([N+](=O)[O-])c2)C(C(C)=O)=C1C. The van der Waals surface area contributed by atoms with E-state index >= 15 is 0 Å². The summed E-state index contributed by atoms with van der Waals surface area (Å²) in [5, 5.41) is 14.9. The Morgan fingerprint density at radius 3 is 2.68 bits per heavy atom. The van der Waals surface area contributed by atoms with Gasteiger partial charge in [0.05, 0.1) is 18.1 Å². The molecule has 0 amide bonds. The van der Waals surface area contributed by atoms with Crippen LogP contribution in [0.3, 0.4) is 0 Å². The molecule has 134 valence electrons. The highest BCUT2D eigenvalue weighted by Gasteiger charge is 2.33. The molecule has 0 saturated carbocycles. The van der Waals surface area contributed by atoms with Gasteiger partial charge in [0.25, 0.3) is 0 Å². The third-order valence-electron chi connectivity index (χ3n) is 4.16. The van der Waals surface area contributed by atoms with Crippen LogP contribution in [0.4, 0.5) is 5.69 Å². The van der Waals surface area contributed by atoms with Crippen molar-refractivity contribution in [2.75, 3.05) is 13.7 Å². The summed E-state index contributed by atoms with van der Waals surface area (Å²) in [5.74, 6) is 0.0712. The second-order valence-electron chi connectivity index (χ2n) is 5.78. The summed E-state index contributed by atoms with van der Waals surface area (Å²) in [4.78, 5) is 24.9. The van der Waals surface area contributed by atoms with Crippen LogP contribution in [0.1, 0.15) is 38.8 Å². The summed E-state index contributed by atoms with van der Waals surface area (Å²) < 4.78 is 5.04. The van der Waals surface area contributed by atoms with E-state index in [1.54, 1.807) is 6.07 Å². The quantitative estimate of drug-likeness (QED) is 0.472. The Hall–Kier alpha value is -2.48. The zero-order valence-corrected chi connectivity index (χ0v) is 15.5. The number of allylic oxidation sites excluding steroid dienone is 1. The van der Waals surface area contributed by atoms with Crippen LogP contribution in [0.25, 0.3) is 0 Å². The van der Waals surface area contributed by atoms with Crippen molar-refractivity contribution in [2.24, 2.45) is 0 Å². The zero-order valence-electron chi connectivity index (χ0n) is 14.7. The maximum Gasteiger partial charge on any atom is 0.311 e. The van der Waals surface area contributed by atoms with Crippen LogP contribution in [-0.4, -0.2) is 34.4 Å². The number of nitrogens with zero attached hydrogens (tertiary/aromatic N) is 2. The lowest BCUT2D eigenvalue weighted by molar-refractivity contribution is -0.385. The van der Waals surface area contributed by atoms with Gasteiger partial charge in [-0.3, -0.25) is 14.9 Å². The Morgan fingerprint density at radius 2 is 2.16 bits per heavy atom. The van der Waals surface area contributed by atoms with E-state index in [9.17, 15) is 14.9 Å². The molecule has 1 heterocycles. The number of Topliss-reactive ketones (excluding diaryl/α,β-unsaturated/α-hetero) is 1. The lowest BCUT2D eigenvalue weighted by Gasteiger charge is -2.37. The van der Waals surface area contributed by atoms with Crippen molar-refractivity contribution in [2.45, 2.75) is 33.2 Å². The number of nitro benzene ring substituents is 1. The van der Waals surface area contributed by atoms with E-state index in [-0.39, 0.29) is 17.2 Å². The normalized spacial score (nSPS) is 17.4. The second kappa shape index (κ2) is 7.60. The predicted molar refractivity (Wildman–Crippen MR) is 98.5 cm³/mol. The Bertz CT molecular complexity index is 760. The number of nitrogens with one attached hydrogen (secondary N) is 1. The number of benzene rings is 1. The number of hydrogen-bond acceptors (Lipinski definition) is 5. The van der Waals surface area contributed by atoms with Crippen molar-refractivity contribution >= 4 is 28.8 Å². The first-order valence-corrected chi connectivity index (χ1v) is 8.34. The molecule has 1 unspecified atom stereocenters. The topological polar surface area (TPSA) is 84.7 Å². The summed E-state index contributed by atoms with van der Waals surface area (Å²) in [7, 11) is 1.38. The molecule has 1 aromatic carbocycles. The van der Waals surface area contributed by atoms with Crippen molar-refractivity contribution in [3.63, 3.8) is 0 Å². The molecular weight excluding hydrogens is 342 g/mol. The van der Waals surface area contributed by atoms with Gasteiger partial charge in [-0.15, -0.1) is 0 Å². The largest absolute Gasteiger partial charge is 0.490 e. The first kappa shape index (κ1) is 18.9. The van der Waals surface area contributed by atoms with Gasteiger partial charge in [0, 0.05) is 23.9 Å². The minimum atomic E-state index is -0.525. The van der Waals surface area contributed by atoms with Gasteiger partial charge in [-0.05, 0) is 44.1 Å². The summed E-state index contributed by atoms with van der Waals surface area (Å²) in [6.07, 6.45) is 0.878. The molecule has 0 radical (unpaired) electrons. The lowest BCUT2D eigenvalue weighted by Crippen LogP contribution is -2.47. The van der Waals surface area contributed by atoms with Gasteiger partial charge < -0.3 is 15.0 Å². The number of rotatable bonds is 6. The van der Waals surface area contributed by atoms with E-state index in [2.05, 4.69) is 5.32 Å². The van der Waals surface area contributed by atoms with E-state index in [0.29, 0.717) is 22.8 Å². The highest BCUT2D eigenvalue weighted by atomic mass is 32.1. The fourth-order valence-corrected chi connectivity index (χ4v) is 3.36.